The zero-order valence-corrected chi connectivity index (χ0v) is 11.6. The first-order valence-corrected chi connectivity index (χ1v) is 6.68. The summed E-state index contributed by atoms with van der Waals surface area (Å²) in [5.41, 5.74) is 2.46. The first-order valence-electron chi connectivity index (χ1n) is 5.86. The Balaban J connectivity index is 2.36. The van der Waals surface area contributed by atoms with E-state index in [1.54, 1.807) is 7.11 Å². The Bertz CT molecular complexity index is 511. The normalized spacial score (nSPS) is 10.9. The molecule has 0 aliphatic rings. The Hall–Kier alpha value is -1.28. The van der Waals surface area contributed by atoms with Gasteiger partial charge in [-0.2, -0.15) is 0 Å². The summed E-state index contributed by atoms with van der Waals surface area (Å²) in [5.74, 6) is 1.56. The first-order chi connectivity index (χ1) is 8.11. The largest absolute Gasteiger partial charge is 0.496 e. The van der Waals surface area contributed by atoms with E-state index in [1.165, 1.54) is 20.9 Å². The summed E-state index contributed by atoms with van der Waals surface area (Å²) in [6.07, 6.45) is 0. The number of aryl methyl sites for hydroxylation is 1. The van der Waals surface area contributed by atoms with Crippen LogP contribution in [0.5, 0.6) is 5.75 Å². The van der Waals surface area contributed by atoms with Crippen molar-refractivity contribution in [3.8, 4) is 16.2 Å². The fourth-order valence-electron chi connectivity index (χ4n) is 1.85. The van der Waals surface area contributed by atoms with Gasteiger partial charge in [0.05, 0.1) is 7.11 Å². The monoisotopic (exact) mass is 246 g/mol. The molecular weight excluding hydrogens is 228 g/mol. The third-order valence-electron chi connectivity index (χ3n) is 2.88. The third-order valence-corrected chi connectivity index (χ3v) is 4.31. The Morgan fingerprint density at radius 3 is 2.41 bits per heavy atom. The maximum atomic E-state index is 5.28. The van der Waals surface area contributed by atoms with Crippen LogP contribution in [-0.2, 0) is 0 Å². The van der Waals surface area contributed by atoms with E-state index in [4.69, 9.17) is 4.74 Å². The van der Waals surface area contributed by atoms with E-state index in [9.17, 15) is 0 Å². The molecule has 90 valence electrons. The summed E-state index contributed by atoms with van der Waals surface area (Å²) in [5, 5.41) is 0. The van der Waals surface area contributed by atoms with E-state index >= 15 is 0 Å². The van der Waals surface area contributed by atoms with Crippen molar-refractivity contribution in [2.45, 2.75) is 26.7 Å². The molecule has 0 saturated heterocycles. The molecule has 1 aromatic heterocycles. The highest BCUT2D eigenvalue weighted by Crippen LogP contribution is 2.33. The van der Waals surface area contributed by atoms with Crippen LogP contribution in [0, 0.1) is 6.92 Å². The number of ether oxygens (including phenoxy) is 1. The van der Waals surface area contributed by atoms with Crippen molar-refractivity contribution in [3.63, 3.8) is 0 Å². The van der Waals surface area contributed by atoms with Gasteiger partial charge in [-0.1, -0.05) is 13.8 Å². The second-order valence-corrected chi connectivity index (χ2v) is 5.66. The van der Waals surface area contributed by atoms with Gasteiger partial charge in [0.15, 0.2) is 0 Å². The molecule has 1 aromatic carbocycles. The van der Waals surface area contributed by atoms with Gasteiger partial charge in [0.1, 0.15) is 5.75 Å². The molecule has 0 N–H and O–H groups in total. The summed E-state index contributed by atoms with van der Waals surface area (Å²) >= 11 is 1.88. The van der Waals surface area contributed by atoms with Gasteiger partial charge in [0, 0.05) is 9.75 Å². The van der Waals surface area contributed by atoms with Crippen molar-refractivity contribution in [2.75, 3.05) is 7.11 Å². The second-order valence-electron chi connectivity index (χ2n) is 4.54. The van der Waals surface area contributed by atoms with Crippen LogP contribution in [0.15, 0.2) is 30.3 Å². The summed E-state index contributed by atoms with van der Waals surface area (Å²) < 4.78 is 5.28. The van der Waals surface area contributed by atoms with Gasteiger partial charge in [-0.15, -0.1) is 11.3 Å². The van der Waals surface area contributed by atoms with Crippen LogP contribution >= 0.6 is 11.3 Å². The SMILES string of the molecule is COc1ccc(-c2ccc(C(C)C)s2)cc1C. The van der Waals surface area contributed by atoms with Crippen LogP contribution in [0.3, 0.4) is 0 Å². The van der Waals surface area contributed by atoms with E-state index in [0.717, 1.165) is 5.75 Å². The van der Waals surface area contributed by atoms with Gasteiger partial charge in [0.2, 0.25) is 0 Å². The predicted molar refractivity (Wildman–Crippen MR) is 75.1 cm³/mol. The number of benzene rings is 1. The molecule has 0 radical (unpaired) electrons. The average molecular weight is 246 g/mol. The molecule has 0 unspecified atom stereocenters. The van der Waals surface area contributed by atoms with Crippen molar-refractivity contribution in [1.82, 2.24) is 0 Å². The molecule has 0 aliphatic carbocycles. The van der Waals surface area contributed by atoms with Crippen molar-refractivity contribution in [2.24, 2.45) is 0 Å². The first kappa shape index (κ1) is 12.2. The zero-order valence-electron chi connectivity index (χ0n) is 10.8. The number of methoxy groups -OCH3 is 1. The smallest absolute Gasteiger partial charge is 0.121 e. The number of hydrogen-bond donors (Lipinski definition) is 0. The van der Waals surface area contributed by atoms with Gasteiger partial charge in [-0.3, -0.25) is 0 Å². The molecule has 2 aromatic rings. The zero-order chi connectivity index (χ0) is 12.4. The fraction of sp³-hybridized carbons (Fsp3) is 0.333. The number of hydrogen-bond acceptors (Lipinski definition) is 2. The van der Waals surface area contributed by atoms with Crippen molar-refractivity contribution in [3.05, 3.63) is 40.8 Å². The van der Waals surface area contributed by atoms with Gasteiger partial charge < -0.3 is 4.74 Å². The number of rotatable bonds is 3. The highest BCUT2D eigenvalue weighted by molar-refractivity contribution is 7.15. The third kappa shape index (κ3) is 2.52. The Morgan fingerprint density at radius 2 is 1.88 bits per heavy atom. The van der Waals surface area contributed by atoms with Crippen LogP contribution in [-0.4, -0.2) is 7.11 Å². The lowest BCUT2D eigenvalue weighted by atomic mass is 10.1. The molecule has 2 rings (SSSR count). The van der Waals surface area contributed by atoms with Gasteiger partial charge >= 0.3 is 0 Å². The molecule has 0 amide bonds. The van der Waals surface area contributed by atoms with Crippen LogP contribution in [0.4, 0.5) is 0 Å². The summed E-state index contributed by atoms with van der Waals surface area (Å²) in [6.45, 7) is 6.54. The van der Waals surface area contributed by atoms with E-state index < -0.39 is 0 Å². The van der Waals surface area contributed by atoms with Crippen molar-refractivity contribution < 1.29 is 4.74 Å². The van der Waals surface area contributed by atoms with E-state index in [1.807, 2.05) is 17.4 Å². The lowest BCUT2D eigenvalue weighted by Crippen LogP contribution is -1.86. The molecule has 0 saturated carbocycles. The maximum Gasteiger partial charge on any atom is 0.121 e. The average Bonchev–Trinajstić information content (AvgIpc) is 2.78. The maximum absolute atomic E-state index is 5.28. The van der Waals surface area contributed by atoms with Crippen LogP contribution in [0.25, 0.3) is 10.4 Å². The Labute approximate surface area is 107 Å². The highest BCUT2D eigenvalue weighted by atomic mass is 32.1. The molecule has 0 fully saturated rings. The molecule has 1 heterocycles. The van der Waals surface area contributed by atoms with E-state index in [-0.39, 0.29) is 0 Å². The molecule has 0 aliphatic heterocycles. The van der Waals surface area contributed by atoms with Crippen LogP contribution < -0.4 is 4.74 Å². The van der Waals surface area contributed by atoms with Gasteiger partial charge in [-0.05, 0) is 54.3 Å². The molecule has 0 bridgehead atoms. The summed E-state index contributed by atoms with van der Waals surface area (Å²) in [6, 6.07) is 10.8. The van der Waals surface area contributed by atoms with E-state index in [2.05, 4.69) is 45.0 Å². The summed E-state index contributed by atoms with van der Waals surface area (Å²) in [7, 11) is 1.71. The number of thiophene rings is 1. The predicted octanol–water partition coefficient (Wildman–Crippen LogP) is 4.86. The lowest BCUT2D eigenvalue weighted by molar-refractivity contribution is 0.412. The minimum atomic E-state index is 0.605. The molecule has 1 nitrogen and oxygen atoms in total. The van der Waals surface area contributed by atoms with Gasteiger partial charge in [0.25, 0.3) is 0 Å². The van der Waals surface area contributed by atoms with E-state index in [0.29, 0.717) is 5.92 Å². The molecule has 17 heavy (non-hydrogen) atoms. The van der Waals surface area contributed by atoms with Crippen LogP contribution in [0.2, 0.25) is 0 Å². The lowest BCUT2D eigenvalue weighted by Gasteiger charge is -2.06. The van der Waals surface area contributed by atoms with Crippen molar-refractivity contribution in [1.29, 1.82) is 0 Å². The highest BCUT2D eigenvalue weighted by Gasteiger charge is 2.07. The Morgan fingerprint density at radius 1 is 1.12 bits per heavy atom. The fourth-order valence-corrected chi connectivity index (χ4v) is 2.86. The summed E-state index contributed by atoms with van der Waals surface area (Å²) in [4.78, 5) is 2.77. The van der Waals surface area contributed by atoms with Crippen LogP contribution in [0.1, 0.15) is 30.2 Å². The van der Waals surface area contributed by atoms with Crippen molar-refractivity contribution >= 4 is 11.3 Å². The Kier molecular flexibility index (Phi) is 3.53. The molecule has 0 spiro atoms. The molecular formula is C15H18OS. The second kappa shape index (κ2) is 4.92. The minimum Gasteiger partial charge on any atom is -0.496 e. The minimum absolute atomic E-state index is 0.605. The topological polar surface area (TPSA) is 9.23 Å². The molecule has 0 atom stereocenters. The standard InChI is InChI=1S/C15H18OS/c1-10(2)14-7-8-15(17-14)12-5-6-13(16-4)11(3)9-12/h5-10H,1-4H3. The quantitative estimate of drug-likeness (QED) is 0.751. The molecule has 2 heteroatoms. The van der Waals surface area contributed by atoms with Gasteiger partial charge in [-0.25, -0.2) is 0 Å².